The van der Waals surface area contributed by atoms with Crippen molar-refractivity contribution in [2.45, 2.75) is 57.5 Å². The van der Waals surface area contributed by atoms with Gasteiger partial charge in [0.25, 0.3) is 0 Å². The molecule has 1 aliphatic rings. The van der Waals surface area contributed by atoms with Crippen molar-refractivity contribution in [2.24, 2.45) is 5.73 Å². The molecule has 0 radical (unpaired) electrons. The molecule has 2 unspecified atom stereocenters. The normalized spacial score (nSPS) is 27.2. The molecule has 27 heavy (non-hydrogen) atoms. The second-order valence-corrected chi connectivity index (χ2v) is 6.84. The van der Waals surface area contributed by atoms with Crippen molar-refractivity contribution in [1.29, 1.82) is 5.41 Å². The van der Waals surface area contributed by atoms with Gasteiger partial charge in [0.1, 0.15) is 24.2 Å². The van der Waals surface area contributed by atoms with Crippen molar-refractivity contribution in [3.63, 3.8) is 0 Å². The summed E-state index contributed by atoms with van der Waals surface area (Å²) in [5.41, 5.74) is 4.47. The maximum atomic E-state index is 11.6. The van der Waals surface area contributed by atoms with Crippen LogP contribution in [0.2, 0.25) is 0 Å². The highest BCUT2D eigenvalue weighted by Gasteiger charge is 2.51. The molecule has 152 valence electrons. The summed E-state index contributed by atoms with van der Waals surface area (Å²) in [6.45, 7) is 4.44. The summed E-state index contributed by atoms with van der Waals surface area (Å²) in [5.74, 6) is -2.43. The predicted molar refractivity (Wildman–Crippen MR) is 93.5 cm³/mol. The number of carbonyl (C=O) groups excluding carboxylic acids is 4. The number of nitrogens with one attached hydrogen (secondary N) is 2. The molecule has 12 heteroatoms. The molecule has 0 aliphatic carbocycles. The Kier molecular flexibility index (Phi) is 8.50. The molecule has 1 rings (SSSR count). The first-order valence-electron chi connectivity index (χ1n) is 7.92. The van der Waals surface area contributed by atoms with Crippen molar-refractivity contribution in [3.8, 4) is 0 Å². The van der Waals surface area contributed by atoms with Crippen LogP contribution in [-0.2, 0) is 38.1 Å². The number of hydrogen-bond donors (Lipinski definition) is 3. The van der Waals surface area contributed by atoms with Crippen molar-refractivity contribution in [2.75, 3.05) is 6.61 Å². The van der Waals surface area contributed by atoms with Gasteiger partial charge in [0, 0.05) is 27.7 Å². The first-order valence-corrected chi connectivity index (χ1v) is 8.80. The van der Waals surface area contributed by atoms with Gasteiger partial charge in [-0.15, -0.1) is 0 Å². The molecule has 11 nitrogen and oxygen atoms in total. The van der Waals surface area contributed by atoms with E-state index in [0.717, 1.165) is 25.6 Å². The third-order valence-corrected chi connectivity index (χ3v) is 4.20. The summed E-state index contributed by atoms with van der Waals surface area (Å²) in [6, 6.07) is -0.974. The quantitative estimate of drug-likeness (QED) is 0.222. The van der Waals surface area contributed by atoms with E-state index in [2.05, 4.69) is 5.32 Å². The van der Waals surface area contributed by atoms with Gasteiger partial charge in [0.15, 0.2) is 17.4 Å². The number of nitrogens with two attached hydrogens (primary N) is 1. The van der Waals surface area contributed by atoms with E-state index in [0.29, 0.717) is 0 Å². The van der Waals surface area contributed by atoms with E-state index in [4.69, 9.17) is 30.1 Å². The number of rotatable bonds is 6. The molecule has 1 amide bonds. The molecule has 4 N–H and O–H groups in total. The van der Waals surface area contributed by atoms with Crippen LogP contribution in [0.3, 0.4) is 0 Å². The minimum absolute atomic E-state index is 0.299. The van der Waals surface area contributed by atoms with Crippen LogP contribution in [0.1, 0.15) is 27.7 Å². The van der Waals surface area contributed by atoms with Crippen LogP contribution in [0, 0.1) is 5.41 Å². The molecule has 1 saturated heterocycles. The molecule has 5 atom stereocenters. The van der Waals surface area contributed by atoms with Crippen LogP contribution in [-0.4, -0.2) is 65.4 Å². The Hall–Kier alpha value is -2.34. The zero-order valence-electron chi connectivity index (χ0n) is 15.3. The molecular formula is C15H23N3O8S. The Morgan fingerprint density at radius 2 is 1.59 bits per heavy atom. The average molecular weight is 405 g/mol. The van der Waals surface area contributed by atoms with Gasteiger partial charge in [-0.25, -0.2) is 0 Å². The lowest BCUT2D eigenvalue weighted by molar-refractivity contribution is -0.211. The van der Waals surface area contributed by atoms with Crippen molar-refractivity contribution in [3.05, 3.63) is 0 Å². The molecule has 0 aromatic carbocycles. The fourth-order valence-electron chi connectivity index (χ4n) is 2.52. The Bertz CT molecular complexity index is 614. The molecule has 1 heterocycles. The van der Waals surface area contributed by atoms with E-state index in [1.54, 1.807) is 0 Å². The lowest BCUT2D eigenvalue weighted by Gasteiger charge is -2.44. The van der Waals surface area contributed by atoms with Gasteiger partial charge in [-0.1, -0.05) is 11.8 Å². The summed E-state index contributed by atoms with van der Waals surface area (Å²) >= 11 is 0.767. The smallest absolute Gasteiger partial charge is 0.303 e. The van der Waals surface area contributed by atoms with Gasteiger partial charge < -0.3 is 30.0 Å². The molecular weight excluding hydrogens is 382 g/mol. The standard InChI is InChI=1S/C15H23N3O8S/c1-6(19)18-11-13(25-9(4)22)12(24-8(3)21)10(5-23-7(2)20)26-14(11)27-15(16)17/h10-14H,5H2,1-4H3,(H3,16,17)(H,18,19)/t10?,11?,12-,13-,14+/m1/s1. The predicted octanol–water partition coefficient (Wildman–Crippen LogP) is -0.731. The van der Waals surface area contributed by atoms with E-state index in [-0.39, 0.29) is 11.8 Å². The van der Waals surface area contributed by atoms with Crippen molar-refractivity contribution in [1.82, 2.24) is 5.32 Å². The molecule has 0 spiro atoms. The van der Waals surface area contributed by atoms with Crippen molar-refractivity contribution >= 4 is 40.7 Å². The number of thioether (sulfide) groups is 1. The molecule has 0 saturated carbocycles. The van der Waals surface area contributed by atoms with Gasteiger partial charge in [-0.05, 0) is 0 Å². The zero-order valence-corrected chi connectivity index (χ0v) is 16.2. The molecule has 0 bridgehead atoms. The van der Waals surface area contributed by atoms with Crippen molar-refractivity contribution < 1.29 is 38.1 Å². The van der Waals surface area contributed by atoms with E-state index in [1.165, 1.54) is 13.8 Å². The zero-order chi connectivity index (χ0) is 20.7. The third-order valence-electron chi connectivity index (χ3n) is 3.31. The average Bonchev–Trinajstić information content (AvgIpc) is 2.49. The Morgan fingerprint density at radius 1 is 1.04 bits per heavy atom. The summed E-state index contributed by atoms with van der Waals surface area (Å²) < 4.78 is 21.2. The number of esters is 3. The minimum atomic E-state index is -1.16. The van der Waals surface area contributed by atoms with Gasteiger partial charge >= 0.3 is 17.9 Å². The van der Waals surface area contributed by atoms with E-state index in [1.807, 2.05) is 0 Å². The second-order valence-electron chi connectivity index (χ2n) is 5.70. The van der Waals surface area contributed by atoms with Crippen LogP contribution in [0.15, 0.2) is 0 Å². The monoisotopic (exact) mass is 405 g/mol. The Balaban J connectivity index is 3.29. The number of hydrogen-bond acceptors (Lipinski definition) is 10. The Morgan fingerprint density at radius 3 is 2.04 bits per heavy atom. The van der Waals surface area contributed by atoms with Crippen LogP contribution in [0.5, 0.6) is 0 Å². The minimum Gasteiger partial charge on any atom is -0.463 e. The molecule has 1 aliphatic heterocycles. The lowest BCUT2D eigenvalue weighted by atomic mass is 9.97. The fraction of sp³-hybridized carbons (Fsp3) is 0.667. The number of ether oxygens (including phenoxy) is 4. The highest BCUT2D eigenvalue weighted by Crippen LogP contribution is 2.32. The highest BCUT2D eigenvalue weighted by atomic mass is 32.2. The summed E-state index contributed by atoms with van der Waals surface area (Å²) in [4.78, 5) is 45.9. The summed E-state index contributed by atoms with van der Waals surface area (Å²) in [7, 11) is 0. The number of amidine groups is 1. The van der Waals surface area contributed by atoms with Crippen LogP contribution in [0.25, 0.3) is 0 Å². The molecule has 0 aromatic rings. The van der Waals surface area contributed by atoms with Gasteiger partial charge in [0.05, 0.1) is 0 Å². The van der Waals surface area contributed by atoms with Crippen LogP contribution >= 0.6 is 11.8 Å². The molecule has 1 fully saturated rings. The third kappa shape index (κ3) is 7.43. The Labute approximate surface area is 160 Å². The van der Waals surface area contributed by atoms with Gasteiger partial charge in [-0.2, -0.15) is 0 Å². The maximum Gasteiger partial charge on any atom is 0.303 e. The van der Waals surface area contributed by atoms with E-state index >= 15 is 0 Å². The van der Waals surface area contributed by atoms with Gasteiger partial charge in [-0.3, -0.25) is 24.6 Å². The summed E-state index contributed by atoms with van der Waals surface area (Å²) in [6.07, 6.45) is -3.32. The number of amides is 1. The van der Waals surface area contributed by atoms with E-state index < -0.39 is 53.6 Å². The first-order chi connectivity index (χ1) is 12.5. The first kappa shape index (κ1) is 22.7. The SMILES string of the molecule is CC(=O)NC1[C@@H](OC(C)=O)[C@H](OC(C)=O)C(COC(C)=O)O[C@H]1SC(=N)N. The summed E-state index contributed by atoms with van der Waals surface area (Å²) in [5, 5.41) is 9.74. The van der Waals surface area contributed by atoms with Gasteiger partial charge in [0.2, 0.25) is 5.91 Å². The van der Waals surface area contributed by atoms with Crippen LogP contribution in [0.4, 0.5) is 0 Å². The lowest BCUT2D eigenvalue weighted by Crippen LogP contribution is -2.65. The number of carbonyl (C=O) groups is 4. The highest BCUT2D eigenvalue weighted by molar-refractivity contribution is 8.14. The second kappa shape index (κ2) is 10.1. The largest absolute Gasteiger partial charge is 0.463 e. The topological polar surface area (TPSA) is 167 Å². The maximum absolute atomic E-state index is 11.6. The van der Waals surface area contributed by atoms with E-state index in [9.17, 15) is 19.2 Å². The van der Waals surface area contributed by atoms with Crippen LogP contribution < -0.4 is 11.1 Å². The molecule has 0 aromatic heterocycles. The fourth-order valence-corrected chi connectivity index (χ4v) is 3.33.